The Morgan fingerprint density at radius 3 is 1.74 bits per heavy atom. The molecule has 2 fully saturated rings. The summed E-state index contributed by atoms with van der Waals surface area (Å²) in [6.45, 7) is 4.61. The largest absolute Gasteiger partial charge is 0.241 e. The van der Waals surface area contributed by atoms with E-state index in [0.29, 0.717) is 5.92 Å². The van der Waals surface area contributed by atoms with E-state index in [1.807, 2.05) is 0 Å². The van der Waals surface area contributed by atoms with Gasteiger partial charge in [-0.3, -0.25) is 0 Å². The van der Waals surface area contributed by atoms with Gasteiger partial charge in [-0.05, 0) is 87.5 Å². The molecule has 3 rings (SSSR count). The Kier molecular flexibility index (Phi) is 14.0. The minimum Gasteiger partial charge on any atom is -0.241 e. The Morgan fingerprint density at radius 1 is 0.629 bits per heavy atom. The standard InChI is InChI=1S/C33H56N2/c1-3-5-7-8-9-10-11-13-15-31-26-34-33(35-27-31)32-24-22-30(23-25-32)21-20-29-18-16-28(17-19-29)14-12-6-4-2/h20-21,26-30,32H,3-19,22-25H2,1-2H3/b21-20+. The van der Waals surface area contributed by atoms with E-state index >= 15 is 0 Å². The van der Waals surface area contributed by atoms with Gasteiger partial charge in [0.05, 0.1) is 0 Å². The third kappa shape index (κ3) is 11.2. The first kappa shape index (κ1) is 28.4. The van der Waals surface area contributed by atoms with Crippen molar-refractivity contribution in [3.8, 4) is 0 Å². The van der Waals surface area contributed by atoms with Crippen molar-refractivity contribution in [1.82, 2.24) is 9.97 Å². The van der Waals surface area contributed by atoms with Gasteiger partial charge in [0.1, 0.15) is 5.82 Å². The maximum Gasteiger partial charge on any atom is 0.131 e. The molecule has 2 aliphatic rings. The molecule has 0 radical (unpaired) electrons. The lowest BCUT2D eigenvalue weighted by molar-refractivity contribution is 0.287. The fourth-order valence-electron chi connectivity index (χ4n) is 6.40. The molecule has 2 saturated carbocycles. The molecule has 0 unspecified atom stereocenters. The van der Waals surface area contributed by atoms with Gasteiger partial charge in [0.15, 0.2) is 0 Å². The molecule has 0 aliphatic heterocycles. The quantitative estimate of drug-likeness (QED) is 0.174. The van der Waals surface area contributed by atoms with Crippen LogP contribution in [0.3, 0.4) is 0 Å². The summed E-state index contributed by atoms with van der Waals surface area (Å²) in [6.07, 6.45) is 38.3. The number of allylic oxidation sites excluding steroid dienone is 2. The number of nitrogens with zero attached hydrogens (tertiary/aromatic N) is 2. The Hall–Kier alpha value is -1.18. The van der Waals surface area contributed by atoms with Crippen LogP contribution in [-0.4, -0.2) is 9.97 Å². The fraction of sp³-hybridized carbons (Fsp3) is 0.818. The first-order valence-corrected chi connectivity index (χ1v) is 15.8. The van der Waals surface area contributed by atoms with Gasteiger partial charge in [-0.15, -0.1) is 0 Å². The van der Waals surface area contributed by atoms with E-state index in [1.54, 1.807) is 0 Å². The molecular weight excluding hydrogens is 424 g/mol. The maximum atomic E-state index is 4.80. The van der Waals surface area contributed by atoms with Gasteiger partial charge in [0, 0.05) is 18.3 Å². The fourth-order valence-corrected chi connectivity index (χ4v) is 6.40. The van der Waals surface area contributed by atoms with E-state index in [4.69, 9.17) is 9.97 Å². The zero-order valence-electron chi connectivity index (χ0n) is 23.4. The zero-order chi connectivity index (χ0) is 24.6. The first-order chi connectivity index (χ1) is 17.3. The minimum absolute atomic E-state index is 0.579. The average molecular weight is 481 g/mol. The van der Waals surface area contributed by atoms with Gasteiger partial charge >= 0.3 is 0 Å². The van der Waals surface area contributed by atoms with Crippen molar-refractivity contribution in [2.75, 3.05) is 0 Å². The first-order valence-electron chi connectivity index (χ1n) is 15.8. The van der Waals surface area contributed by atoms with Crippen molar-refractivity contribution >= 4 is 0 Å². The van der Waals surface area contributed by atoms with E-state index in [0.717, 1.165) is 30.0 Å². The Balaban J connectivity index is 1.27. The number of hydrogen-bond acceptors (Lipinski definition) is 2. The lowest BCUT2D eigenvalue weighted by Crippen LogP contribution is -2.15. The minimum atomic E-state index is 0.579. The third-order valence-corrected chi connectivity index (χ3v) is 8.94. The average Bonchev–Trinajstić information content (AvgIpc) is 2.90. The molecule has 35 heavy (non-hydrogen) atoms. The van der Waals surface area contributed by atoms with Crippen molar-refractivity contribution in [1.29, 1.82) is 0 Å². The molecule has 1 aromatic rings. The molecule has 0 N–H and O–H groups in total. The molecule has 0 amide bonds. The second kappa shape index (κ2) is 17.3. The molecule has 0 atom stereocenters. The molecule has 2 heteroatoms. The number of hydrogen-bond donors (Lipinski definition) is 0. The molecule has 0 saturated heterocycles. The molecule has 2 nitrogen and oxygen atoms in total. The number of aryl methyl sites for hydroxylation is 1. The summed E-state index contributed by atoms with van der Waals surface area (Å²) in [5, 5.41) is 0. The van der Waals surface area contributed by atoms with E-state index in [2.05, 4.69) is 38.4 Å². The lowest BCUT2D eigenvalue weighted by atomic mass is 9.78. The van der Waals surface area contributed by atoms with Crippen LogP contribution < -0.4 is 0 Å². The maximum absolute atomic E-state index is 4.80. The summed E-state index contributed by atoms with van der Waals surface area (Å²) in [6, 6.07) is 0. The van der Waals surface area contributed by atoms with Crippen LogP contribution in [0.1, 0.15) is 160 Å². The van der Waals surface area contributed by atoms with Gasteiger partial charge in [-0.2, -0.15) is 0 Å². The second-order valence-corrected chi connectivity index (χ2v) is 11.9. The SMILES string of the molecule is CCCCCCCCCCc1cnc(C2CCC(/C=C/C3CCC(CCCCC)CC3)CC2)nc1. The molecule has 0 bridgehead atoms. The Labute approximate surface area is 218 Å². The van der Waals surface area contributed by atoms with Crippen molar-refractivity contribution in [3.05, 3.63) is 35.9 Å². The van der Waals surface area contributed by atoms with Crippen LogP contribution in [0.5, 0.6) is 0 Å². The predicted octanol–water partition coefficient (Wildman–Crippen LogP) is 10.4. The van der Waals surface area contributed by atoms with Gasteiger partial charge in [0.2, 0.25) is 0 Å². The summed E-state index contributed by atoms with van der Waals surface area (Å²) in [4.78, 5) is 9.60. The van der Waals surface area contributed by atoms with Crippen molar-refractivity contribution in [2.45, 2.75) is 155 Å². The number of aromatic nitrogens is 2. The summed E-state index contributed by atoms with van der Waals surface area (Å²) < 4.78 is 0. The van der Waals surface area contributed by atoms with Crippen LogP contribution in [0.2, 0.25) is 0 Å². The highest BCUT2D eigenvalue weighted by Crippen LogP contribution is 2.37. The summed E-state index contributed by atoms with van der Waals surface area (Å²) in [7, 11) is 0. The molecule has 1 heterocycles. The Morgan fingerprint density at radius 2 is 1.14 bits per heavy atom. The van der Waals surface area contributed by atoms with E-state index in [9.17, 15) is 0 Å². The van der Waals surface area contributed by atoms with Crippen molar-refractivity contribution < 1.29 is 0 Å². The van der Waals surface area contributed by atoms with E-state index in [-0.39, 0.29) is 0 Å². The molecule has 2 aliphatic carbocycles. The Bertz CT molecular complexity index is 663. The topological polar surface area (TPSA) is 25.8 Å². The van der Waals surface area contributed by atoms with Crippen LogP contribution in [0, 0.1) is 17.8 Å². The second-order valence-electron chi connectivity index (χ2n) is 11.9. The predicted molar refractivity (Wildman–Crippen MR) is 152 cm³/mol. The molecule has 1 aromatic heterocycles. The normalized spacial score (nSPS) is 25.3. The van der Waals surface area contributed by atoms with Crippen LogP contribution in [0.4, 0.5) is 0 Å². The number of unbranched alkanes of at least 4 members (excludes halogenated alkanes) is 9. The highest BCUT2D eigenvalue weighted by molar-refractivity contribution is 5.09. The van der Waals surface area contributed by atoms with Gasteiger partial charge in [0.25, 0.3) is 0 Å². The summed E-state index contributed by atoms with van der Waals surface area (Å²) >= 11 is 0. The van der Waals surface area contributed by atoms with Crippen LogP contribution in [0.25, 0.3) is 0 Å². The molecular formula is C33H56N2. The molecule has 0 spiro atoms. The van der Waals surface area contributed by atoms with Crippen LogP contribution >= 0.6 is 0 Å². The van der Waals surface area contributed by atoms with Crippen molar-refractivity contribution in [3.63, 3.8) is 0 Å². The number of rotatable bonds is 16. The van der Waals surface area contributed by atoms with Crippen LogP contribution in [0.15, 0.2) is 24.5 Å². The molecule has 198 valence electrons. The monoisotopic (exact) mass is 480 g/mol. The zero-order valence-corrected chi connectivity index (χ0v) is 23.4. The highest BCUT2D eigenvalue weighted by Gasteiger charge is 2.24. The highest BCUT2D eigenvalue weighted by atomic mass is 14.9. The van der Waals surface area contributed by atoms with Gasteiger partial charge in [-0.1, -0.05) is 96.6 Å². The van der Waals surface area contributed by atoms with E-state index < -0.39 is 0 Å². The van der Waals surface area contributed by atoms with E-state index in [1.165, 1.54) is 134 Å². The van der Waals surface area contributed by atoms with Gasteiger partial charge < -0.3 is 0 Å². The molecule has 0 aromatic carbocycles. The third-order valence-electron chi connectivity index (χ3n) is 8.94. The summed E-state index contributed by atoms with van der Waals surface area (Å²) in [5.74, 6) is 4.35. The summed E-state index contributed by atoms with van der Waals surface area (Å²) in [5.41, 5.74) is 1.33. The van der Waals surface area contributed by atoms with Crippen molar-refractivity contribution in [2.24, 2.45) is 17.8 Å². The lowest BCUT2D eigenvalue weighted by Gasteiger charge is -2.28. The smallest absolute Gasteiger partial charge is 0.131 e. The van der Waals surface area contributed by atoms with Gasteiger partial charge in [-0.25, -0.2) is 9.97 Å². The van der Waals surface area contributed by atoms with Crippen LogP contribution in [-0.2, 0) is 6.42 Å².